The molecular formula is C20H26ClN3O4. The molecule has 1 aromatic heterocycles. The Bertz CT molecular complexity index is 882. The molecule has 0 unspecified atom stereocenters. The fourth-order valence-corrected chi connectivity index (χ4v) is 3.83. The number of nitrogens with one attached hydrogen (secondary N) is 1. The summed E-state index contributed by atoms with van der Waals surface area (Å²) in [7, 11) is 0. The number of benzene rings is 1. The normalized spacial score (nSPS) is 16.5. The number of hydrogen-bond acceptors (Lipinski definition) is 4. The average molecular weight is 408 g/mol. The Morgan fingerprint density at radius 2 is 1.89 bits per heavy atom. The third-order valence-corrected chi connectivity index (χ3v) is 5.60. The van der Waals surface area contributed by atoms with Crippen LogP contribution in [0, 0.1) is 0 Å². The van der Waals surface area contributed by atoms with Crippen LogP contribution >= 0.6 is 11.6 Å². The number of aliphatic hydroxyl groups excluding tert-OH is 1. The highest BCUT2D eigenvalue weighted by molar-refractivity contribution is 6.33. The molecule has 3 rings (SSSR count). The summed E-state index contributed by atoms with van der Waals surface area (Å²) < 4.78 is 2.78. The Morgan fingerprint density at radius 3 is 2.57 bits per heavy atom. The highest BCUT2D eigenvalue weighted by Crippen LogP contribution is 2.27. The highest BCUT2D eigenvalue weighted by atomic mass is 35.5. The standard InChI is InChI=1S/C20H26ClN3O4/c21-17-6-5-15(24-10-9-23(11-12-25)19(24)27)13-16(17)18(26)22-14-20(28)7-3-1-2-4-8-20/h5-6,9-10,13,25,28H,1-4,7-8,11-12,14H2,(H,22,26). The Labute approximate surface area is 168 Å². The first-order valence-electron chi connectivity index (χ1n) is 9.63. The first-order chi connectivity index (χ1) is 13.4. The zero-order valence-electron chi connectivity index (χ0n) is 15.7. The van der Waals surface area contributed by atoms with Crippen LogP contribution < -0.4 is 11.0 Å². The van der Waals surface area contributed by atoms with Crippen LogP contribution in [-0.2, 0) is 6.54 Å². The van der Waals surface area contributed by atoms with Crippen molar-refractivity contribution in [1.82, 2.24) is 14.5 Å². The van der Waals surface area contributed by atoms with Gasteiger partial charge in [-0.25, -0.2) is 4.79 Å². The van der Waals surface area contributed by atoms with Crippen molar-refractivity contribution in [2.45, 2.75) is 50.7 Å². The van der Waals surface area contributed by atoms with Crippen LogP contribution in [0.25, 0.3) is 5.69 Å². The van der Waals surface area contributed by atoms with E-state index in [-0.39, 0.29) is 41.9 Å². The van der Waals surface area contributed by atoms with Crippen LogP contribution in [0.4, 0.5) is 0 Å². The van der Waals surface area contributed by atoms with Gasteiger partial charge in [-0.15, -0.1) is 0 Å². The minimum atomic E-state index is -0.880. The van der Waals surface area contributed by atoms with Crippen molar-refractivity contribution in [3.8, 4) is 5.69 Å². The Morgan fingerprint density at radius 1 is 1.18 bits per heavy atom. The van der Waals surface area contributed by atoms with Gasteiger partial charge in [0.05, 0.1) is 35.0 Å². The monoisotopic (exact) mass is 407 g/mol. The third kappa shape index (κ3) is 4.66. The molecule has 1 aliphatic carbocycles. The first-order valence-corrected chi connectivity index (χ1v) is 10.0. The maximum absolute atomic E-state index is 12.7. The van der Waals surface area contributed by atoms with Gasteiger partial charge in [-0.1, -0.05) is 37.3 Å². The van der Waals surface area contributed by atoms with Gasteiger partial charge in [-0.3, -0.25) is 13.9 Å². The zero-order valence-corrected chi connectivity index (χ0v) is 16.5. The topological polar surface area (TPSA) is 96.5 Å². The van der Waals surface area contributed by atoms with Gasteiger partial charge in [0.1, 0.15) is 0 Å². The van der Waals surface area contributed by atoms with E-state index in [0.29, 0.717) is 18.5 Å². The molecule has 152 valence electrons. The molecule has 1 aliphatic rings. The number of carbonyl (C=O) groups is 1. The quantitative estimate of drug-likeness (QED) is 0.639. The summed E-state index contributed by atoms with van der Waals surface area (Å²) >= 11 is 6.21. The molecule has 0 spiro atoms. The fourth-order valence-electron chi connectivity index (χ4n) is 3.63. The van der Waals surface area contributed by atoms with Crippen LogP contribution in [0.15, 0.2) is 35.4 Å². The molecule has 1 aromatic carbocycles. The van der Waals surface area contributed by atoms with Crippen LogP contribution in [0.3, 0.4) is 0 Å². The fraction of sp³-hybridized carbons (Fsp3) is 0.500. The summed E-state index contributed by atoms with van der Waals surface area (Å²) in [5, 5.41) is 22.8. The number of imidazole rings is 1. The van der Waals surface area contributed by atoms with Crippen molar-refractivity contribution in [1.29, 1.82) is 0 Å². The van der Waals surface area contributed by atoms with Crippen molar-refractivity contribution < 1.29 is 15.0 Å². The summed E-state index contributed by atoms with van der Waals surface area (Å²) in [4.78, 5) is 25.1. The second-order valence-electron chi connectivity index (χ2n) is 7.35. The van der Waals surface area contributed by atoms with Gasteiger partial charge in [0.2, 0.25) is 0 Å². The lowest BCUT2D eigenvalue weighted by Gasteiger charge is -2.26. The van der Waals surface area contributed by atoms with Gasteiger partial charge in [-0.05, 0) is 31.0 Å². The number of nitrogens with zero attached hydrogens (tertiary/aromatic N) is 2. The molecule has 28 heavy (non-hydrogen) atoms. The predicted octanol–water partition coefficient (Wildman–Crippen LogP) is 2.10. The summed E-state index contributed by atoms with van der Waals surface area (Å²) in [5.74, 6) is -0.382. The van der Waals surface area contributed by atoms with Crippen molar-refractivity contribution >= 4 is 17.5 Å². The van der Waals surface area contributed by atoms with E-state index >= 15 is 0 Å². The largest absolute Gasteiger partial charge is 0.395 e. The Hall–Kier alpha value is -2.09. The summed E-state index contributed by atoms with van der Waals surface area (Å²) in [6.07, 6.45) is 8.63. The van der Waals surface area contributed by atoms with Gasteiger partial charge >= 0.3 is 5.69 Å². The number of aliphatic hydroxyl groups is 2. The number of amides is 1. The molecular weight excluding hydrogens is 382 g/mol. The molecule has 1 saturated carbocycles. The van der Waals surface area contributed by atoms with Crippen molar-refractivity contribution in [2.75, 3.05) is 13.2 Å². The van der Waals surface area contributed by atoms with E-state index in [9.17, 15) is 14.7 Å². The lowest BCUT2D eigenvalue weighted by molar-refractivity contribution is 0.0246. The number of rotatable bonds is 6. The van der Waals surface area contributed by atoms with Gasteiger partial charge in [0.15, 0.2) is 0 Å². The highest BCUT2D eigenvalue weighted by Gasteiger charge is 2.28. The zero-order chi connectivity index (χ0) is 20.1. The molecule has 3 N–H and O–H groups in total. The first kappa shape index (κ1) is 20.6. The van der Waals surface area contributed by atoms with E-state index in [1.54, 1.807) is 30.6 Å². The van der Waals surface area contributed by atoms with Crippen LogP contribution in [0.1, 0.15) is 48.9 Å². The number of hydrogen-bond donors (Lipinski definition) is 3. The summed E-state index contributed by atoms with van der Waals surface area (Å²) in [6.45, 7) is 0.242. The van der Waals surface area contributed by atoms with Gasteiger partial charge in [0, 0.05) is 18.9 Å². The van der Waals surface area contributed by atoms with Gasteiger partial charge in [-0.2, -0.15) is 0 Å². The SMILES string of the molecule is O=C(NCC1(O)CCCCCC1)c1cc(-n2ccn(CCO)c2=O)ccc1Cl. The summed E-state index contributed by atoms with van der Waals surface area (Å²) in [6, 6.07) is 4.78. The van der Waals surface area contributed by atoms with E-state index in [1.807, 2.05) is 0 Å². The molecule has 7 nitrogen and oxygen atoms in total. The lowest BCUT2D eigenvalue weighted by Crippen LogP contribution is -2.42. The van der Waals surface area contributed by atoms with Crippen molar-refractivity contribution in [2.24, 2.45) is 0 Å². The Kier molecular flexibility index (Phi) is 6.59. The van der Waals surface area contributed by atoms with Gasteiger partial charge in [0.25, 0.3) is 5.91 Å². The summed E-state index contributed by atoms with van der Waals surface area (Å²) in [5.41, 5.74) is -0.438. The average Bonchev–Trinajstić information content (AvgIpc) is 2.89. The third-order valence-electron chi connectivity index (χ3n) is 5.27. The van der Waals surface area contributed by atoms with Crippen LogP contribution in [-0.4, -0.2) is 44.0 Å². The molecule has 1 amide bonds. The van der Waals surface area contributed by atoms with E-state index in [1.165, 1.54) is 9.13 Å². The Balaban J connectivity index is 1.77. The maximum atomic E-state index is 12.7. The molecule has 0 radical (unpaired) electrons. The molecule has 1 fully saturated rings. The number of halogens is 1. The van der Waals surface area contributed by atoms with E-state index in [0.717, 1.165) is 25.7 Å². The molecule has 0 saturated heterocycles. The second-order valence-corrected chi connectivity index (χ2v) is 7.76. The smallest absolute Gasteiger partial charge is 0.332 e. The second kappa shape index (κ2) is 8.94. The van der Waals surface area contributed by atoms with Crippen molar-refractivity contribution in [3.05, 3.63) is 51.7 Å². The minimum absolute atomic E-state index is 0.138. The van der Waals surface area contributed by atoms with E-state index in [2.05, 4.69) is 5.32 Å². The molecule has 8 heteroatoms. The van der Waals surface area contributed by atoms with Crippen LogP contribution in [0.5, 0.6) is 0 Å². The number of aromatic nitrogens is 2. The molecule has 0 bridgehead atoms. The predicted molar refractivity (Wildman–Crippen MR) is 107 cm³/mol. The van der Waals surface area contributed by atoms with Crippen molar-refractivity contribution in [3.63, 3.8) is 0 Å². The molecule has 0 atom stereocenters. The molecule has 0 aliphatic heterocycles. The van der Waals surface area contributed by atoms with Crippen LogP contribution in [0.2, 0.25) is 5.02 Å². The number of carbonyl (C=O) groups excluding carboxylic acids is 1. The van der Waals surface area contributed by atoms with E-state index < -0.39 is 5.60 Å². The molecule has 2 aromatic rings. The van der Waals surface area contributed by atoms with Gasteiger partial charge < -0.3 is 15.5 Å². The minimum Gasteiger partial charge on any atom is -0.395 e. The molecule has 1 heterocycles. The van der Waals surface area contributed by atoms with E-state index in [4.69, 9.17) is 16.7 Å². The maximum Gasteiger partial charge on any atom is 0.332 e. The lowest BCUT2D eigenvalue weighted by atomic mass is 9.94.